The molecule has 1 saturated heterocycles. The fourth-order valence-electron chi connectivity index (χ4n) is 5.08. The molecule has 36 heavy (non-hydrogen) atoms. The molecule has 1 N–H and O–H groups in total. The van der Waals surface area contributed by atoms with Gasteiger partial charge in [-0.05, 0) is 87.0 Å². The van der Waals surface area contributed by atoms with Crippen LogP contribution in [-0.4, -0.2) is 42.0 Å². The molecule has 0 unspecified atom stereocenters. The minimum atomic E-state index is -0.0549. The van der Waals surface area contributed by atoms with Crippen LogP contribution < -0.4 is 5.32 Å². The number of hydrogen-bond donors (Lipinski definition) is 1. The molecule has 1 aliphatic rings. The smallest absolute Gasteiger partial charge is 0.251 e. The summed E-state index contributed by atoms with van der Waals surface area (Å²) in [6.45, 7) is 4.02. The Kier molecular flexibility index (Phi) is 8.09. The summed E-state index contributed by atoms with van der Waals surface area (Å²) in [5, 5.41) is 3.07. The van der Waals surface area contributed by atoms with Gasteiger partial charge in [0.05, 0.1) is 0 Å². The Bertz CT molecular complexity index is 1240. The number of aryl methyl sites for hydroxylation is 2. The fraction of sp³-hybridized carbons (Fsp3) is 0.355. The molecule has 1 aromatic heterocycles. The van der Waals surface area contributed by atoms with E-state index in [0.29, 0.717) is 23.6 Å². The number of hydrogen-bond acceptors (Lipinski definition) is 4. The van der Waals surface area contributed by atoms with Gasteiger partial charge in [-0.25, -0.2) is 4.98 Å². The lowest BCUT2D eigenvalue weighted by atomic mass is 9.90. The lowest BCUT2D eigenvalue weighted by molar-refractivity contribution is 0.0950. The van der Waals surface area contributed by atoms with Crippen molar-refractivity contribution in [3.05, 3.63) is 101 Å². The summed E-state index contributed by atoms with van der Waals surface area (Å²) in [6.07, 6.45) is 6.28. The van der Waals surface area contributed by atoms with Crippen LogP contribution in [0.2, 0.25) is 0 Å². The van der Waals surface area contributed by atoms with Gasteiger partial charge in [0.1, 0.15) is 5.52 Å². The highest BCUT2D eigenvalue weighted by Crippen LogP contribution is 2.22. The molecule has 0 spiro atoms. The van der Waals surface area contributed by atoms with Gasteiger partial charge in [0.25, 0.3) is 5.91 Å². The van der Waals surface area contributed by atoms with Crippen LogP contribution in [0, 0.1) is 5.92 Å². The summed E-state index contributed by atoms with van der Waals surface area (Å²) in [7, 11) is 0. The van der Waals surface area contributed by atoms with Crippen LogP contribution in [0.1, 0.15) is 46.6 Å². The SMILES string of the molecule is O=C(NCCCN1CCC(Cc2ccccc2)CC1)c1ccc2nc(CCc3ccccc3)oc2c1. The lowest BCUT2D eigenvalue weighted by Crippen LogP contribution is -2.36. The molecule has 1 amide bonds. The molecule has 3 aromatic carbocycles. The van der Waals surface area contributed by atoms with E-state index in [9.17, 15) is 4.79 Å². The second kappa shape index (κ2) is 12.0. The van der Waals surface area contributed by atoms with Crippen molar-refractivity contribution in [2.24, 2.45) is 5.92 Å². The van der Waals surface area contributed by atoms with Crippen LogP contribution in [0.25, 0.3) is 11.1 Å². The number of aromatic nitrogens is 1. The number of fused-ring (bicyclic) bond motifs is 1. The quantitative estimate of drug-likeness (QED) is 0.296. The zero-order chi connectivity index (χ0) is 24.6. The van der Waals surface area contributed by atoms with Gasteiger partial charge in [-0.15, -0.1) is 0 Å². The molecule has 0 aliphatic carbocycles. The van der Waals surface area contributed by atoms with E-state index >= 15 is 0 Å². The topological polar surface area (TPSA) is 58.4 Å². The van der Waals surface area contributed by atoms with Gasteiger partial charge in [0.2, 0.25) is 0 Å². The van der Waals surface area contributed by atoms with Gasteiger partial charge in [-0.1, -0.05) is 60.7 Å². The first kappa shape index (κ1) is 24.3. The Morgan fingerprint density at radius 1 is 0.917 bits per heavy atom. The summed E-state index contributed by atoms with van der Waals surface area (Å²) in [5.74, 6) is 1.44. The number of likely N-dealkylation sites (tertiary alicyclic amines) is 1. The molecule has 0 atom stereocenters. The minimum Gasteiger partial charge on any atom is -0.441 e. The van der Waals surface area contributed by atoms with Crippen LogP contribution in [0.3, 0.4) is 0 Å². The third kappa shape index (κ3) is 6.61. The second-order valence-electron chi connectivity index (χ2n) is 9.86. The van der Waals surface area contributed by atoms with Gasteiger partial charge in [-0.2, -0.15) is 0 Å². The highest BCUT2D eigenvalue weighted by atomic mass is 16.3. The second-order valence-corrected chi connectivity index (χ2v) is 9.86. The first-order valence-corrected chi connectivity index (χ1v) is 13.2. The van der Waals surface area contributed by atoms with Crippen molar-refractivity contribution < 1.29 is 9.21 Å². The van der Waals surface area contributed by atoms with Crippen molar-refractivity contribution in [1.82, 2.24) is 15.2 Å². The number of nitrogens with zero attached hydrogens (tertiary/aromatic N) is 2. The largest absolute Gasteiger partial charge is 0.441 e. The van der Waals surface area contributed by atoms with Crippen molar-refractivity contribution in [3.8, 4) is 0 Å². The lowest BCUT2D eigenvalue weighted by Gasteiger charge is -2.32. The molecular weight excluding hydrogens is 446 g/mol. The Balaban J connectivity index is 1.03. The van der Waals surface area contributed by atoms with E-state index in [-0.39, 0.29) is 5.91 Å². The number of rotatable bonds is 10. The summed E-state index contributed by atoms with van der Waals surface area (Å²) in [6, 6.07) is 26.7. The summed E-state index contributed by atoms with van der Waals surface area (Å²) >= 11 is 0. The van der Waals surface area contributed by atoms with E-state index in [1.54, 1.807) is 6.07 Å². The first-order chi connectivity index (χ1) is 17.7. The maximum absolute atomic E-state index is 12.7. The van der Waals surface area contributed by atoms with Gasteiger partial charge < -0.3 is 14.6 Å². The number of carbonyl (C=O) groups excluding carboxylic acids is 1. The van der Waals surface area contributed by atoms with E-state index in [1.807, 2.05) is 30.3 Å². The molecule has 5 rings (SSSR count). The highest BCUT2D eigenvalue weighted by molar-refractivity contribution is 5.97. The first-order valence-electron chi connectivity index (χ1n) is 13.2. The van der Waals surface area contributed by atoms with Crippen LogP contribution >= 0.6 is 0 Å². The van der Waals surface area contributed by atoms with Crippen LogP contribution in [0.15, 0.2) is 83.3 Å². The molecule has 1 aliphatic heterocycles. The zero-order valence-electron chi connectivity index (χ0n) is 20.9. The molecular formula is C31H35N3O2. The predicted molar refractivity (Wildman–Crippen MR) is 144 cm³/mol. The van der Waals surface area contributed by atoms with Gasteiger partial charge >= 0.3 is 0 Å². The molecule has 0 radical (unpaired) electrons. The van der Waals surface area contributed by atoms with Crippen molar-refractivity contribution in [2.45, 2.75) is 38.5 Å². The summed E-state index contributed by atoms with van der Waals surface area (Å²) in [4.78, 5) is 19.8. The Morgan fingerprint density at radius 3 is 2.39 bits per heavy atom. The number of benzene rings is 3. The zero-order valence-corrected chi connectivity index (χ0v) is 20.9. The van der Waals surface area contributed by atoms with Crippen LogP contribution in [-0.2, 0) is 19.3 Å². The molecule has 5 nitrogen and oxygen atoms in total. The normalized spacial score (nSPS) is 14.8. The number of piperidine rings is 1. The minimum absolute atomic E-state index is 0.0549. The monoisotopic (exact) mass is 481 g/mol. The van der Waals surface area contributed by atoms with E-state index in [4.69, 9.17) is 4.42 Å². The molecule has 0 bridgehead atoms. The molecule has 1 fully saturated rings. The Labute approximate surface area is 213 Å². The van der Waals surface area contributed by atoms with Crippen LogP contribution in [0.4, 0.5) is 0 Å². The van der Waals surface area contributed by atoms with Gasteiger partial charge in [-0.3, -0.25) is 4.79 Å². The number of oxazole rings is 1. The molecule has 0 saturated carbocycles. The summed E-state index contributed by atoms with van der Waals surface area (Å²) in [5.41, 5.74) is 4.80. The molecule has 4 aromatic rings. The maximum Gasteiger partial charge on any atom is 0.251 e. The van der Waals surface area contributed by atoms with E-state index in [1.165, 1.54) is 30.4 Å². The molecule has 186 valence electrons. The van der Waals surface area contributed by atoms with Crippen LogP contribution in [0.5, 0.6) is 0 Å². The Hall–Kier alpha value is -3.44. The van der Waals surface area contributed by atoms with Crippen molar-refractivity contribution in [2.75, 3.05) is 26.2 Å². The number of nitrogens with one attached hydrogen (secondary N) is 1. The third-order valence-electron chi connectivity index (χ3n) is 7.18. The fourth-order valence-corrected chi connectivity index (χ4v) is 5.08. The van der Waals surface area contributed by atoms with E-state index in [0.717, 1.165) is 50.3 Å². The molecule has 5 heteroatoms. The maximum atomic E-state index is 12.7. The van der Waals surface area contributed by atoms with E-state index in [2.05, 4.69) is 57.7 Å². The van der Waals surface area contributed by atoms with Crippen molar-refractivity contribution >= 4 is 17.0 Å². The summed E-state index contributed by atoms with van der Waals surface area (Å²) < 4.78 is 5.93. The third-order valence-corrected chi connectivity index (χ3v) is 7.18. The van der Waals surface area contributed by atoms with Crippen molar-refractivity contribution in [3.63, 3.8) is 0 Å². The molecule has 2 heterocycles. The number of carbonyl (C=O) groups is 1. The Morgan fingerprint density at radius 2 is 1.64 bits per heavy atom. The predicted octanol–water partition coefficient (Wildman–Crippen LogP) is 5.69. The van der Waals surface area contributed by atoms with Gasteiger partial charge in [0.15, 0.2) is 11.5 Å². The van der Waals surface area contributed by atoms with E-state index < -0.39 is 0 Å². The van der Waals surface area contributed by atoms with Gasteiger partial charge in [0, 0.05) is 18.5 Å². The average Bonchev–Trinajstić information content (AvgIpc) is 3.34. The standard InChI is InChI=1S/C31H35N3O2/c35-31(32-18-7-19-34-20-16-26(17-21-34)22-25-10-5-2-6-11-25)27-13-14-28-29(23-27)36-30(33-28)15-12-24-8-3-1-4-9-24/h1-6,8-11,13-14,23,26H,7,12,15-22H2,(H,32,35). The average molecular weight is 482 g/mol. The number of amides is 1. The highest BCUT2D eigenvalue weighted by Gasteiger charge is 2.19. The van der Waals surface area contributed by atoms with Crippen molar-refractivity contribution in [1.29, 1.82) is 0 Å².